The fourth-order valence-corrected chi connectivity index (χ4v) is 3.65. The summed E-state index contributed by atoms with van der Waals surface area (Å²) in [6, 6.07) is 13.0. The molecule has 0 saturated carbocycles. The number of ketones is 1. The molecule has 0 aliphatic carbocycles. The SMILES string of the molecule is O=C(CN1N=C2Sc3ccccc3N2CC1=O)c1ccc(F)cc1. The highest BCUT2D eigenvalue weighted by Gasteiger charge is 2.35. The van der Waals surface area contributed by atoms with Gasteiger partial charge in [0.2, 0.25) is 0 Å². The van der Waals surface area contributed by atoms with Crippen LogP contribution in [0.2, 0.25) is 0 Å². The van der Waals surface area contributed by atoms with Gasteiger partial charge in [0.15, 0.2) is 11.0 Å². The van der Waals surface area contributed by atoms with E-state index in [-0.39, 0.29) is 24.8 Å². The van der Waals surface area contributed by atoms with Crippen LogP contribution >= 0.6 is 11.8 Å². The second kappa shape index (κ2) is 5.76. The van der Waals surface area contributed by atoms with Gasteiger partial charge < -0.3 is 4.90 Å². The lowest BCUT2D eigenvalue weighted by Gasteiger charge is -2.28. The van der Waals surface area contributed by atoms with E-state index in [4.69, 9.17) is 0 Å². The number of hydrazone groups is 1. The highest BCUT2D eigenvalue weighted by Crippen LogP contribution is 2.41. The Balaban J connectivity index is 1.56. The molecule has 0 aromatic heterocycles. The number of rotatable bonds is 3. The van der Waals surface area contributed by atoms with Crippen molar-refractivity contribution < 1.29 is 14.0 Å². The van der Waals surface area contributed by atoms with Gasteiger partial charge in [0.25, 0.3) is 5.91 Å². The third-order valence-corrected chi connectivity index (χ3v) is 4.89. The van der Waals surface area contributed by atoms with Gasteiger partial charge in [-0.2, -0.15) is 0 Å². The van der Waals surface area contributed by atoms with E-state index in [0.29, 0.717) is 10.7 Å². The van der Waals surface area contributed by atoms with Crippen LogP contribution in [0.1, 0.15) is 10.4 Å². The number of amidine groups is 1. The van der Waals surface area contributed by atoms with Gasteiger partial charge in [-0.25, -0.2) is 9.40 Å². The van der Waals surface area contributed by atoms with Crippen LogP contribution in [0.15, 0.2) is 58.5 Å². The quantitative estimate of drug-likeness (QED) is 0.806. The van der Waals surface area contributed by atoms with Gasteiger partial charge >= 0.3 is 0 Å². The number of anilines is 1. The maximum atomic E-state index is 12.9. The molecule has 2 aliphatic heterocycles. The summed E-state index contributed by atoms with van der Waals surface area (Å²) >= 11 is 1.47. The van der Waals surface area contributed by atoms with Gasteiger partial charge in [-0.1, -0.05) is 12.1 Å². The average molecular weight is 341 g/mol. The molecule has 0 unspecified atom stereocenters. The molecule has 0 fully saturated rings. The van der Waals surface area contributed by atoms with Crippen molar-refractivity contribution in [2.24, 2.45) is 5.10 Å². The molecule has 0 saturated heterocycles. The normalized spacial score (nSPS) is 15.9. The predicted molar refractivity (Wildman–Crippen MR) is 89.5 cm³/mol. The molecule has 4 rings (SSSR count). The van der Waals surface area contributed by atoms with Crippen molar-refractivity contribution >= 4 is 34.3 Å². The number of fused-ring (bicyclic) bond motifs is 3. The topological polar surface area (TPSA) is 53.0 Å². The molecule has 0 bridgehead atoms. The Labute approximate surface area is 141 Å². The van der Waals surface area contributed by atoms with Crippen molar-refractivity contribution in [1.29, 1.82) is 0 Å². The first-order valence-electron chi connectivity index (χ1n) is 7.34. The maximum absolute atomic E-state index is 12.9. The number of halogens is 1. The van der Waals surface area contributed by atoms with E-state index < -0.39 is 5.82 Å². The van der Waals surface area contributed by atoms with Crippen molar-refractivity contribution in [2.75, 3.05) is 18.0 Å². The van der Waals surface area contributed by atoms with E-state index in [1.54, 1.807) is 0 Å². The summed E-state index contributed by atoms with van der Waals surface area (Å²) in [6.45, 7) is -0.00173. The van der Waals surface area contributed by atoms with Gasteiger partial charge in [0.1, 0.15) is 18.9 Å². The lowest BCUT2D eigenvalue weighted by Crippen LogP contribution is -2.46. The van der Waals surface area contributed by atoms with Gasteiger partial charge in [-0.05, 0) is 48.2 Å². The van der Waals surface area contributed by atoms with Crippen molar-refractivity contribution in [3.05, 3.63) is 59.9 Å². The molecule has 1 amide bonds. The summed E-state index contributed by atoms with van der Waals surface area (Å²) in [5.41, 5.74) is 1.31. The standard InChI is InChI=1S/C17H12FN3O2S/c18-12-7-5-11(6-8-12)14(22)9-21-16(23)10-20-13-3-1-2-4-15(13)24-17(20)19-21/h1-8H,9-10H2. The van der Waals surface area contributed by atoms with E-state index in [1.807, 2.05) is 29.2 Å². The number of carbonyl (C=O) groups excluding carboxylic acids is 2. The molecule has 0 spiro atoms. The number of benzene rings is 2. The third-order valence-electron chi connectivity index (χ3n) is 3.84. The van der Waals surface area contributed by atoms with Gasteiger partial charge in [0, 0.05) is 10.5 Å². The second-order valence-corrected chi connectivity index (χ2v) is 6.43. The van der Waals surface area contributed by atoms with Crippen molar-refractivity contribution in [2.45, 2.75) is 4.90 Å². The molecule has 0 radical (unpaired) electrons. The minimum atomic E-state index is -0.406. The van der Waals surface area contributed by atoms with E-state index in [9.17, 15) is 14.0 Å². The van der Waals surface area contributed by atoms with Crippen molar-refractivity contribution in [1.82, 2.24) is 5.01 Å². The van der Waals surface area contributed by atoms with E-state index in [1.165, 1.54) is 41.0 Å². The minimum absolute atomic E-state index is 0.152. The Hall–Kier alpha value is -2.67. The van der Waals surface area contributed by atoms with Crippen LogP contribution in [0.25, 0.3) is 0 Å². The number of carbonyl (C=O) groups is 2. The number of hydrogen-bond donors (Lipinski definition) is 0. The number of hydrogen-bond acceptors (Lipinski definition) is 5. The summed E-state index contributed by atoms with van der Waals surface area (Å²) in [5, 5.41) is 6.19. The summed E-state index contributed by atoms with van der Waals surface area (Å²) in [5.74, 6) is -0.926. The zero-order chi connectivity index (χ0) is 16.7. The minimum Gasteiger partial charge on any atom is -0.309 e. The largest absolute Gasteiger partial charge is 0.309 e. The first kappa shape index (κ1) is 14.9. The predicted octanol–water partition coefficient (Wildman–Crippen LogP) is 2.73. The van der Waals surface area contributed by atoms with Crippen molar-refractivity contribution in [3.8, 4) is 0 Å². The maximum Gasteiger partial charge on any atom is 0.263 e. The van der Waals surface area contributed by atoms with Crippen LogP contribution < -0.4 is 4.90 Å². The van der Waals surface area contributed by atoms with Gasteiger partial charge in [0.05, 0.1) is 5.69 Å². The summed E-state index contributed by atoms with van der Waals surface area (Å²) in [7, 11) is 0. The fraction of sp³-hybridized carbons (Fsp3) is 0.118. The number of para-hydroxylation sites is 1. The van der Waals surface area contributed by atoms with Crippen LogP contribution in [0, 0.1) is 5.82 Å². The molecule has 2 aliphatic rings. The zero-order valence-electron chi connectivity index (χ0n) is 12.5. The van der Waals surface area contributed by atoms with E-state index in [2.05, 4.69) is 5.10 Å². The molecule has 120 valence electrons. The molecule has 2 aromatic rings. The Morgan fingerprint density at radius 3 is 2.71 bits per heavy atom. The zero-order valence-corrected chi connectivity index (χ0v) is 13.3. The number of thioether (sulfide) groups is 1. The summed E-state index contributed by atoms with van der Waals surface area (Å²) < 4.78 is 12.9. The van der Waals surface area contributed by atoms with Crippen molar-refractivity contribution in [3.63, 3.8) is 0 Å². The first-order valence-corrected chi connectivity index (χ1v) is 8.15. The molecule has 2 aromatic carbocycles. The Morgan fingerprint density at radius 1 is 1.17 bits per heavy atom. The first-order chi connectivity index (χ1) is 11.6. The summed E-state index contributed by atoms with van der Waals surface area (Å²) in [6.07, 6.45) is 0. The molecular formula is C17H12FN3O2S. The second-order valence-electron chi connectivity index (χ2n) is 5.42. The lowest BCUT2D eigenvalue weighted by molar-refractivity contribution is -0.129. The van der Waals surface area contributed by atoms with Crippen LogP contribution in [-0.2, 0) is 4.79 Å². The van der Waals surface area contributed by atoms with Crippen LogP contribution in [0.3, 0.4) is 0 Å². The van der Waals surface area contributed by atoms with Gasteiger partial charge in [-0.3, -0.25) is 9.59 Å². The van der Waals surface area contributed by atoms with E-state index >= 15 is 0 Å². The smallest absolute Gasteiger partial charge is 0.263 e. The molecule has 0 N–H and O–H groups in total. The molecule has 2 heterocycles. The van der Waals surface area contributed by atoms with E-state index in [0.717, 1.165) is 10.6 Å². The van der Waals surface area contributed by atoms with Crippen LogP contribution in [-0.4, -0.2) is 35.0 Å². The highest BCUT2D eigenvalue weighted by atomic mass is 32.2. The molecule has 5 nitrogen and oxygen atoms in total. The molecule has 24 heavy (non-hydrogen) atoms. The number of amides is 1. The number of Topliss-reactive ketones (excluding diaryl/α,β-unsaturated/α-hetero) is 1. The van der Waals surface area contributed by atoms with Crippen LogP contribution in [0.5, 0.6) is 0 Å². The monoisotopic (exact) mass is 341 g/mol. The van der Waals surface area contributed by atoms with Crippen LogP contribution in [0.4, 0.5) is 10.1 Å². The lowest BCUT2D eigenvalue weighted by atomic mass is 10.1. The average Bonchev–Trinajstić information content (AvgIpc) is 2.93. The molecule has 0 atom stereocenters. The molecule has 7 heteroatoms. The number of nitrogens with zero attached hydrogens (tertiary/aromatic N) is 3. The third kappa shape index (κ3) is 2.56. The molecular weight excluding hydrogens is 329 g/mol. The Morgan fingerprint density at radius 2 is 1.92 bits per heavy atom. The Bertz CT molecular complexity index is 866. The highest BCUT2D eigenvalue weighted by molar-refractivity contribution is 8.14. The summed E-state index contributed by atoms with van der Waals surface area (Å²) in [4.78, 5) is 27.5. The Kier molecular flexibility index (Phi) is 3.57. The fourth-order valence-electron chi connectivity index (χ4n) is 2.61. The van der Waals surface area contributed by atoms with Gasteiger partial charge in [-0.15, -0.1) is 5.10 Å².